The summed E-state index contributed by atoms with van der Waals surface area (Å²) in [5.74, 6) is 0.684. The van der Waals surface area contributed by atoms with Crippen molar-refractivity contribution in [2.45, 2.75) is 45.2 Å². The molecule has 1 aromatic carbocycles. The van der Waals surface area contributed by atoms with Gasteiger partial charge in [-0.25, -0.2) is 14.8 Å². The van der Waals surface area contributed by atoms with E-state index >= 15 is 0 Å². The van der Waals surface area contributed by atoms with E-state index in [-0.39, 0.29) is 5.69 Å². The molecule has 8 heteroatoms. The third-order valence-electron chi connectivity index (χ3n) is 6.26. The van der Waals surface area contributed by atoms with E-state index in [9.17, 15) is 10.1 Å². The van der Waals surface area contributed by atoms with Crippen LogP contribution in [0.2, 0.25) is 0 Å². The minimum absolute atomic E-state index is 0.118. The van der Waals surface area contributed by atoms with Crippen molar-refractivity contribution in [2.24, 2.45) is 14.1 Å². The van der Waals surface area contributed by atoms with Gasteiger partial charge in [0.15, 0.2) is 5.65 Å². The van der Waals surface area contributed by atoms with E-state index in [1.165, 1.54) is 33.0 Å². The first-order valence-corrected chi connectivity index (χ1v) is 12.1. The number of rotatable bonds is 7. The highest BCUT2D eigenvalue weighted by molar-refractivity contribution is 7.11. The molecular weight excluding hydrogens is 432 g/mol. The Bertz CT molecular complexity index is 1450. The average Bonchev–Trinajstić information content (AvgIpc) is 3.58. The first kappa shape index (κ1) is 21.6. The zero-order valence-electron chi connectivity index (χ0n) is 19.1. The van der Waals surface area contributed by atoms with E-state index in [0.717, 1.165) is 29.6 Å². The van der Waals surface area contributed by atoms with Crippen LogP contribution < -0.4 is 11.0 Å². The molecule has 0 spiro atoms. The molecular formula is C25H26N6OS. The molecule has 7 nitrogen and oxygen atoms in total. The molecule has 168 valence electrons. The number of thiazole rings is 1. The summed E-state index contributed by atoms with van der Waals surface area (Å²) in [5, 5.41) is 14.5. The zero-order valence-corrected chi connectivity index (χ0v) is 19.9. The van der Waals surface area contributed by atoms with Gasteiger partial charge < -0.3 is 5.32 Å². The summed E-state index contributed by atoms with van der Waals surface area (Å²) in [6.07, 6.45) is 3.50. The second kappa shape index (κ2) is 8.58. The van der Waals surface area contributed by atoms with Crippen LogP contribution in [0.15, 0.2) is 35.1 Å². The Balaban J connectivity index is 1.39. The summed E-state index contributed by atoms with van der Waals surface area (Å²) in [6.45, 7) is 3.64. The van der Waals surface area contributed by atoms with Crippen LogP contribution >= 0.6 is 11.3 Å². The topological polar surface area (TPSA) is 88.5 Å². The number of hydrogen-bond acceptors (Lipinski definition) is 6. The van der Waals surface area contributed by atoms with Crippen molar-refractivity contribution in [3.63, 3.8) is 0 Å². The Morgan fingerprint density at radius 3 is 2.70 bits per heavy atom. The highest BCUT2D eigenvalue weighted by Crippen LogP contribution is 2.42. The average molecular weight is 459 g/mol. The largest absolute Gasteiger partial charge is 0.329 e. The van der Waals surface area contributed by atoms with Gasteiger partial charge in [-0.2, -0.15) is 5.26 Å². The third-order valence-corrected chi connectivity index (χ3v) is 7.52. The molecule has 5 rings (SSSR count). The number of fused-ring (bicyclic) bond motifs is 1. The maximum absolute atomic E-state index is 12.3. The fraction of sp³-hybridized carbons (Fsp3) is 0.360. The van der Waals surface area contributed by atoms with Crippen LogP contribution in [0.5, 0.6) is 0 Å². The number of aromatic nitrogens is 4. The van der Waals surface area contributed by atoms with Crippen LogP contribution in [0, 0.1) is 11.3 Å². The summed E-state index contributed by atoms with van der Waals surface area (Å²) in [5.41, 5.74) is 5.58. The number of aryl methyl sites for hydroxylation is 3. The summed E-state index contributed by atoms with van der Waals surface area (Å²) >= 11 is 1.84. The normalized spacial score (nSPS) is 13.5. The van der Waals surface area contributed by atoms with Gasteiger partial charge >= 0.3 is 5.69 Å². The summed E-state index contributed by atoms with van der Waals surface area (Å²) in [7, 11) is 3.45. The third kappa shape index (κ3) is 3.99. The van der Waals surface area contributed by atoms with E-state index in [1.807, 2.05) is 41.7 Å². The van der Waals surface area contributed by atoms with Crippen molar-refractivity contribution in [1.29, 1.82) is 5.26 Å². The van der Waals surface area contributed by atoms with Crippen LogP contribution in [0.3, 0.4) is 0 Å². The van der Waals surface area contributed by atoms with Gasteiger partial charge in [0.05, 0.1) is 33.5 Å². The SMILES string of the molecule is CCc1nc(C2CC2)sc1CNCc1ccc(C#N)c(-c2ccc3c(n2)n(C)c(=O)n3C)c1. The van der Waals surface area contributed by atoms with E-state index in [0.29, 0.717) is 29.4 Å². The molecule has 1 aliphatic carbocycles. The quantitative estimate of drug-likeness (QED) is 0.452. The minimum Gasteiger partial charge on any atom is -0.308 e. The number of nitrogens with one attached hydrogen (secondary N) is 1. The lowest BCUT2D eigenvalue weighted by molar-refractivity contribution is 0.694. The molecule has 0 radical (unpaired) electrons. The molecule has 1 N–H and O–H groups in total. The first-order chi connectivity index (χ1) is 16.0. The molecule has 1 aliphatic rings. The maximum atomic E-state index is 12.3. The lowest BCUT2D eigenvalue weighted by atomic mass is 10.0. The van der Waals surface area contributed by atoms with E-state index < -0.39 is 0 Å². The van der Waals surface area contributed by atoms with Crippen molar-refractivity contribution >= 4 is 22.5 Å². The van der Waals surface area contributed by atoms with Crippen molar-refractivity contribution < 1.29 is 0 Å². The van der Waals surface area contributed by atoms with Crippen molar-refractivity contribution in [2.75, 3.05) is 0 Å². The van der Waals surface area contributed by atoms with E-state index in [4.69, 9.17) is 9.97 Å². The van der Waals surface area contributed by atoms with Gasteiger partial charge in [-0.3, -0.25) is 9.13 Å². The van der Waals surface area contributed by atoms with Gasteiger partial charge in [0.2, 0.25) is 0 Å². The molecule has 0 bridgehead atoms. The molecule has 33 heavy (non-hydrogen) atoms. The van der Waals surface area contributed by atoms with Crippen molar-refractivity contribution in [1.82, 2.24) is 24.4 Å². The van der Waals surface area contributed by atoms with Crippen molar-refractivity contribution in [3.05, 3.63) is 67.5 Å². The summed E-state index contributed by atoms with van der Waals surface area (Å²) in [6, 6.07) is 11.9. The summed E-state index contributed by atoms with van der Waals surface area (Å²) < 4.78 is 3.11. The second-order valence-electron chi connectivity index (χ2n) is 8.58. The highest BCUT2D eigenvalue weighted by Gasteiger charge is 2.27. The molecule has 4 aromatic rings. The molecule has 0 saturated heterocycles. The van der Waals surface area contributed by atoms with Gasteiger partial charge in [0, 0.05) is 43.5 Å². The Kier molecular flexibility index (Phi) is 5.60. The standard InChI is InChI=1S/C25H26N6OS/c1-4-19-22(33-24(29-19)16-7-8-16)14-27-13-15-5-6-17(12-26)18(11-15)20-9-10-21-23(28-20)31(3)25(32)30(21)2/h5-6,9-11,16,27H,4,7-8,13-14H2,1-3H3. The van der Waals surface area contributed by atoms with Gasteiger partial charge in [-0.05, 0) is 49.1 Å². The van der Waals surface area contributed by atoms with Gasteiger partial charge in [-0.1, -0.05) is 13.0 Å². The number of pyridine rings is 1. The zero-order chi connectivity index (χ0) is 23.1. The Morgan fingerprint density at radius 2 is 1.97 bits per heavy atom. The van der Waals surface area contributed by atoms with Crippen LogP contribution in [0.4, 0.5) is 0 Å². The maximum Gasteiger partial charge on any atom is 0.329 e. The van der Waals surface area contributed by atoms with Gasteiger partial charge in [0.25, 0.3) is 0 Å². The smallest absolute Gasteiger partial charge is 0.308 e. The molecule has 0 atom stereocenters. The molecule has 3 heterocycles. The molecule has 0 unspecified atom stereocenters. The summed E-state index contributed by atoms with van der Waals surface area (Å²) in [4.78, 5) is 23.1. The lowest BCUT2D eigenvalue weighted by Gasteiger charge is -2.09. The highest BCUT2D eigenvalue weighted by atomic mass is 32.1. The van der Waals surface area contributed by atoms with Gasteiger partial charge in [-0.15, -0.1) is 11.3 Å². The number of imidazole rings is 1. The molecule has 3 aromatic heterocycles. The number of nitriles is 1. The van der Waals surface area contributed by atoms with Crippen LogP contribution in [0.1, 0.15) is 52.4 Å². The first-order valence-electron chi connectivity index (χ1n) is 11.2. The predicted molar refractivity (Wildman–Crippen MR) is 130 cm³/mol. The van der Waals surface area contributed by atoms with Crippen LogP contribution in [-0.4, -0.2) is 19.1 Å². The lowest BCUT2D eigenvalue weighted by Crippen LogP contribution is -2.19. The molecule has 0 amide bonds. The Labute approximate surface area is 196 Å². The number of nitrogens with zero attached hydrogens (tertiary/aromatic N) is 5. The number of benzene rings is 1. The monoisotopic (exact) mass is 458 g/mol. The Hall–Kier alpha value is -3.28. The fourth-order valence-electron chi connectivity index (χ4n) is 4.17. The molecule has 1 saturated carbocycles. The van der Waals surface area contributed by atoms with Crippen LogP contribution in [-0.2, 0) is 33.6 Å². The molecule has 1 fully saturated rings. The van der Waals surface area contributed by atoms with Gasteiger partial charge in [0.1, 0.15) is 0 Å². The molecule has 0 aliphatic heterocycles. The van der Waals surface area contributed by atoms with E-state index in [1.54, 1.807) is 18.7 Å². The van der Waals surface area contributed by atoms with E-state index in [2.05, 4.69) is 18.3 Å². The van der Waals surface area contributed by atoms with Crippen molar-refractivity contribution in [3.8, 4) is 17.3 Å². The number of hydrogen-bond donors (Lipinski definition) is 1. The van der Waals surface area contributed by atoms with Crippen LogP contribution in [0.25, 0.3) is 22.4 Å². The second-order valence-corrected chi connectivity index (χ2v) is 9.70. The minimum atomic E-state index is -0.118. The predicted octanol–water partition coefficient (Wildman–Crippen LogP) is 4.00. The Morgan fingerprint density at radius 1 is 1.15 bits per heavy atom. The fourth-order valence-corrected chi connectivity index (χ4v) is 5.46.